The molecule has 0 saturated carbocycles. The van der Waals surface area contributed by atoms with Crippen LogP contribution in [0.4, 0.5) is 0 Å². The lowest BCUT2D eigenvalue weighted by molar-refractivity contribution is 1.17. The molecular weight excluding hydrogens is 377 g/mol. The number of halogens is 5. The van der Waals surface area contributed by atoms with Gasteiger partial charge >= 0.3 is 0 Å². The van der Waals surface area contributed by atoms with E-state index >= 15 is 0 Å². The molecule has 0 radical (unpaired) electrons. The van der Waals surface area contributed by atoms with Gasteiger partial charge < -0.3 is 4.98 Å². The lowest BCUT2D eigenvalue weighted by Gasteiger charge is -2.14. The van der Waals surface area contributed by atoms with Crippen molar-refractivity contribution in [1.82, 2.24) is 4.98 Å². The molecule has 2 rings (SSSR count). The molecule has 8 heteroatoms. The smallest absolute Gasteiger partial charge is 0.248 e. The summed E-state index contributed by atoms with van der Waals surface area (Å²) in [5, 5.41) is 9.22. The first-order chi connectivity index (χ1) is 9.88. The molecule has 0 amide bonds. The summed E-state index contributed by atoms with van der Waals surface area (Å²) in [6, 6.07) is 3.26. The Hall–Kier alpha value is -0.890. The van der Waals surface area contributed by atoms with Crippen molar-refractivity contribution in [2.24, 2.45) is 0 Å². The Balaban J connectivity index is 2.86. The standard InChI is InChI=1S/C13H5Cl5N2O/c14-9-8(10(15)12(17)13(18)11(9)16)6-4-20-7(21)3-5(6)1-2-19/h3-4H,1H2,(H,20,21). The zero-order chi connectivity index (χ0) is 15.7. The van der Waals surface area contributed by atoms with Crippen LogP contribution in [-0.4, -0.2) is 4.98 Å². The first-order valence-corrected chi connectivity index (χ1v) is 7.37. The second-order valence-corrected chi connectivity index (χ2v) is 5.91. The van der Waals surface area contributed by atoms with Crippen LogP contribution in [0.15, 0.2) is 17.1 Å². The molecule has 3 nitrogen and oxygen atoms in total. The van der Waals surface area contributed by atoms with Crippen LogP contribution in [0.2, 0.25) is 25.1 Å². The van der Waals surface area contributed by atoms with Gasteiger partial charge in [-0.25, -0.2) is 0 Å². The molecule has 0 atom stereocenters. The predicted molar refractivity (Wildman–Crippen MR) is 86.9 cm³/mol. The summed E-state index contributed by atoms with van der Waals surface area (Å²) in [5.74, 6) is 0. The third kappa shape index (κ3) is 3.01. The molecule has 1 aromatic carbocycles. The van der Waals surface area contributed by atoms with Gasteiger partial charge in [-0.05, 0) is 5.56 Å². The number of benzene rings is 1. The zero-order valence-electron chi connectivity index (χ0n) is 10.1. The average molecular weight is 382 g/mol. The van der Waals surface area contributed by atoms with Crippen molar-refractivity contribution >= 4 is 58.0 Å². The first-order valence-electron chi connectivity index (χ1n) is 5.48. The van der Waals surface area contributed by atoms with Crippen LogP contribution in [0.25, 0.3) is 11.1 Å². The minimum atomic E-state index is -0.345. The summed E-state index contributed by atoms with van der Waals surface area (Å²) in [4.78, 5) is 13.9. The number of H-pyrrole nitrogens is 1. The third-order valence-corrected chi connectivity index (χ3v) is 5.04. The maximum Gasteiger partial charge on any atom is 0.248 e. The van der Waals surface area contributed by atoms with Crippen molar-refractivity contribution in [1.29, 1.82) is 5.26 Å². The number of hydrogen-bond donors (Lipinski definition) is 1. The minimum absolute atomic E-state index is 0.00375. The van der Waals surface area contributed by atoms with Crippen LogP contribution in [-0.2, 0) is 6.42 Å². The van der Waals surface area contributed by atoms with E-state index in [0.717, 1.165) is 0 Å². The van der Waals surface area contributed by atoms with Crippen LogP contribution in [0, 0.1) is 11.3 Å². The average Bonchev–Trinajstić information content (AvgIpc) is 2.46. The van der Waals surface area contributed by atoms with Gasteiger partial charge in [0.15, 0.2) is 0 Å². The van der Waals surface area contributed by atoms with Crippen molar-refractivity contribution in [2.45, 2.75) is 6.42 Å². The molecule has 0 aliphatic heterocycles. The number of rotatable bonds is 2. The van der Waals surface area contributed by atoms with E-state index in [9.17, 15) is 4.79 Å². The van der Waals surface area contributed by atoms with E-state index in [-0.39, 0.29) is 37.1 Å². The molecule has 1 aromatic heterocycles. The van der Waals surface area contributed by atoms with Crippen molar-refractivity contribution < 1.29 is 0 Å². The summed E-state index contributed by atoms with van der Waals surface area (Å²) in [7, 11) is 0. The molecule has 1 N–H and O–H groups in total. The minimum Gasteiger partial charge on any atom is -0.328 e. The van der Waals surface area contributed by atoms with E-state index in [1.165, 1.54) is 12.3 Å². The van der Waals surface area contributed by atoms with Crippen molar-refractivity contribution in [3.63, 3.8) is 0 Å². The molecule has 0 unspecified atom stereocenters. The van der Waals surface area contributed by atoms with Gasteiger partial charge in [-0.1, -0.05) is 58.0 Å². The molecular formula is C13H5Cl5N2O. The lowest BCUT2D eigenvalue weighted by Crippen LogP contribution is -2.06. The highest BCUT2D eigenvalue weighted by atomic mass is 35.5. The number of aromatic nitrogens is 1. The summed E-state index contributed by atoms with van der Waals surface area (Å²) in [5.41, 5.74) is 0.896. The molecule has 0 aliphatic carbocycles. The Morgan fingerprint density at radius 2 is 1.52 bits per heavy atom. The van der Waals surface area contributed by atoms with Gasteiger partial charge in [0.05, 0.1) is 37.6 Å². The molecule has 0 bridgehead atoms. The molecule has 1 heterocycles. The Morgan fingerprint density at radius 3 is 2.05 bits per heavy atom. The second-order valence-electron chi connectivity index (χ2n) is 4.02. The summed E-state index contributed by atoms with van der Waals surface area (Å²) < 4.78 is 0. The largest absolute Gasteiger partial charge is 0.328 e. The van der Waals surface area contributed by atoms with E-state index in [0.29, 0.717) is 16.7 Å². The molecule has 21 heavy (non-hydrogen) atoms. The van der Waals surface area contributed by atoms with Crippen LogP contribution in [0.5, 0.6) is 0 Å². The van der Waals surface area contributed by atoms with Gasteiger partial charge in [0.25, 0.3) is 0 Å². The summed E-state index contributed by atoms with van der Waals surface area (Å²) in [6.07, 6.45) is 1.41. The van der Waals surface area contributed by atoms with Crippen LogP contribution in [0.1, 0.15) is 5.56 Å². The zero-order valence-corrected chi connectivity index (χ0v) is 13.9. The van der Waals surface area contributed by atoms with Crippen molar-refractivity contribution in [3.05, 3.63) is 53.3 Å². The van der Waals surface area contributed by atoms with Crippen molar-refractivity contribution in [3.8, 4) is 17.2 Å². The van der Waals surface area contributed by atoms with Crippen molar-refractivity contribution in [2.75, 3.05) is 0 Å². The van der Waals surface area contributed by atoms with Crippen LogP contribution in [0.3, 0.4) is 0 Å². The predicted octanol–water partition coefficient (Wildman–Crippen LogP) is 5.37. The van der Waals surface area contributed by atoms with E-state index in [1.54, 1.807) is 0 Å². The summed E-state index contributed by atoms with van der Waals surface area (Å²) >= 11 is 30.4. The third-order valence-electron chi connectivity index (χ3n) is 2.76. The van der Waals surface area contributed by atoms with Gasteiger partial charge in [0.1, 0.15) is 0 Å². The summed E-state index contributed by atoms with van der Waals surface area (Å²) in [6.45, 7) is 0. The fourth-order valence-corrected chi connectivity index (χ4v) is 3.16. The molecule has 0 saturated heterocycles. The Bertz CT molecular complexity index is 794. The lowest BCUT2D eigenvalue weighted by atomic mass is 10.00. The van der Waals surface area contributed by atoms with Gasteiger partial charge in [0, 0.05) is 23.4 Å². The molecule has 0 fully saturated rings. The van der Waals surface area contributed by atoms with Crippen LogP contribution >= 0.6 is 58.0 Å². The Morgan fingerprint density at radius 1 is 1.00 bits per heavy atom. The number of pyridine rings is 1. The van der Waals surface area contributed by atoms with Gasteiger partial charge in [0.2, 0.25) is 5.56 Å². The highest BCUT2D eigenvalue weighted by Gasteiger charge is 2.22. The fourth-order valence-electron chi connectivity index (χ4n) is 1.82. The van der Waals surface area contributed by atoms with E-state index in [2.05, 4.69) is 4.98 Å². The van der Waals surface area contributed by atoms with E-state index in [4.69, 9.17) is 63.3 Å². The Labute approximate surface area is 145 Å². The van der Waals surface area contributed by atoms with Gasteiger partial charge in [-0.15, -0.1) is 0 Å². The number of nitrogens with zero attached hydrogens (tertiary/aromatic N) is 1. The number of hydrogen-bond acceptors (Lipinski definition) is 2. The SMILES string of the molecule is N#CCc1cc(=O)[nH]cc1-c1c(Cl)c(Cl)c(Cl)c(Cl)c1Cl. The first kappa shape index (κ1) is 16.5. The maximum atomic E-state index is 11.4. The van der Waals surface area contributed by atoms with E-state index in [1.807, 2.05) is 6.07 Å². The Kier molecular flexibility index (Phi) is 5.08. The van der Waals surface area contributed by atoms with Crippen LogP contribution < -0.4 is 5.56 Å². The molecule has 108 valence electrons. The number of aromatic amines is 1. The fraction of sp³-hybridized carbons (Fsp3) is 0.0769. The monoisotopic (exact) mass is 380 g/mol. The quantitative estimate of drug-likeness (QED) is 0.560. The topological polar surface area (TPSA) is 56.6 Å². The second kappa shape index (κ2) is 6.48. The molecule has 0 spiro atoms. The van der Waals surface area contributed by atoms with E-state index < -0.39 is 0 Å². The maximum absolute atomic E-state index is 11.4. The molecule has 2 aromatic rings. The molecule has 0 aliphatic rings. The van der Waals surface area contributed by atoms with Gasteiger partial charge in [-0.3, -0.25) is 4.79 Å². The van der Waals surface area contributed by atoms with Gasteiger partial charge in [-0.2, -0.15) is 5.26 Å². The highest BCUT2D eigenvalue weighted by Crippen LogP contribution is 2.48. The normalized spacial score (nSPS) is 10.5. The number of nitrogens with one attached hydrogen (secondary N) is 1. The highest BCUT2D eigenvalue weighted by molar-refractivity contribution is 6.56. The number of nitriles is 1.